The number of rotatable bonds is 3. The molecule has 1 aliphatic heterocycles. The van der Waals surface area contributed by atoms with E-state index in [-0.39, 0.29) is 5.54 Å². The molecule has 1 aromatic rings. The van der Waals surface area contributed by atoms with Gasteiger partial charge in [0, 0.05) is 5.54 Å². The second kappa shape index (κ2) is 4.92. The number of hydrogen-bond acceptors (Lipinski definition) is 1. The Labute approximate surface area is 105 Å². The molecule has 1 fully saturated rings. The minimum absolute atomic E-state index is 0.00128. The smallest absolute Gasteiger partial charge is 0.312 e. The highest BCUT2D eigenvalue weighted by Gasteiger charge is 2.34. The standard InChI is InChI=1S/C14H18F3N/c1-13(8-4-10-18-13)9-7-11-5-2-3-6-12(11)14(15,16)17/h2-3,5-6,18H,4,7-10H2,1H3. The Morgan fingerprint density at radius 3 is 2.61 bits per heavy atom. The first-order chi connectivity index (χ1) is 8.41. The molecular weight excluding hydrogens is 239 g/mol. The Kier molecular flexibility index (Phi) is 3.66. The van der Waals surface area contributed by atoms with Crippen molar-refractivity contribution in [3.8, 4) is 0 Å². The van der Waals surface area contributed by atoms with Crippen molar-refractivity contribution in [3.63, 3.8) is 0 Å². The van der Waals surface area contributed by atoms with Crippen LogP contribution >= 0.6 is 0 Å². The highest BCUT2D eigenvalue weighted by Crippen LogP contribution is 2.33. The van der Waals surface area contributed by atoms with Crippen LogP contribution in [0, 0.1) is 0 Å². The van der Waals surface area contributed by atoms with E-state index in [0.29, 0.717) is 12.0 Å². The topological polar surface area (TPSA) is 12.0 Å². The lowest BCUT2D eigenvalue weighted by Crippen LogP contribution is -2.36. The minimum atomic E-state index is -4.25. The van der Waals surface area contributed by atoms with E-state index in [1.54, 1.807) is 12.1 Å². The van der Waals surface area contributed by atoms with Crippen LogP contribution in [0.3, 0.4) is 0 Å². The molecule has 0 aromatic heterocycles. The molecule has 0 radical (unpaired) electrons. The van der Waals surface area contributed by atoms with Crippen LogP contribution in [0.1, 0.15) is 37.3 Å². The van der Waals surface area contributed by atoms with Crippen molar-refractivity contribution in [2.24, 2.45) is 0 Å². The van der Waals surface area contributed by atoms with E-state index < -0.39 is 11.7 Å². The van der Waals surface area contributed by atoms with Crippen LogP contribution in [-0.4, -0.2) is 12.1 Å². The second-order valence-corrected chi connectivity index (χ2v) is 5.25. The number of hydrogen-bond donors (Lipinski definition) is 1. The average molecular weight is 257 g/mol. The van der Waals surface area contributed by atoms with Gasteiger partial charge >= 0.3 is 6.18 Å². The summed E-state index contributed by atoms with van der Waals surface area (Å²) in [6.45, 7) is 3.06. The van der Waals surface area contributed by atoms with Crippen LogP contribution in [0.5, 0.6) is 0 Å². The molecule has 1 aromatic carbocycles. The number of benzene rings is 1. The SMILES string of the molecule is CC1(CCc2ccccc2C(F)(F)F)CCCN1. The molecule has 0 saturated carbocycles. The van der Waals surface area contributed by atoms with E-state index in [1.807, 2.05) is 0 Å². The molecular formula is C14H18F3N. The van der Waals surface area contributed by atoms with Gasteiger partial charge in [0.1, 0.15) is 0 Å². The van der Waals surface area contributed by atoms with E-state index in [1.165, 1.54) is 12.1 Å². The maximum absolute atomic E-state index is 12.8. The predicted molar refractivity (Wildman–Crippen MR) is 65.4 cm³/mol. The van der Waals surface area contributed by atoms with E-state index in [0.717, 1.165) is 25.8 Å². The summed E-state index contributed by atoms with van der Waals surface area (Å²) in [5.41, 5.74) is -0.0925. The molecule has 1 atom stereocenters. The third-order valence-corrected chi connectivity index (χ3v) is 3.73. The summed E-state index contributed by atoms with van der Waals surface area (Å²) in [6.07, 6.45) is -0.877. The van der Waals surface area contributed by atoms with Gasteiger partial charge in [-0.15, -0.1) is 0 Å². The van der Waals surface area contributed by atoms with Gasteiger partial charge in [0.15, 0.2) is 0 Å². The van der Waals surface area contributed by atoms with Crippen molar-refractivity contribution in [2.45, 2.75) is 44.3 Å². The fourth-order valence-electron chi connectivity index (χ4n) is 2.60. The van der Waals surface area contributed by atoms with Crippen LogP contribution in [0.15, 0.2) is 24.3 Å². The van der Waals surface area contributed by atoms with Gasteiger partial charge in [-0.05, 0) is 50.8 Å². The maximum Gasteiger partial charge on any atom is 0.416 e. The largest absolute Gasteiger partial charge is 0.416 e. The number of aryl methyl sites for hydroxylation is 1. The van der Waals surface area contributed by atoms with E-state index in [9.17, 15) is 13.2 Å². The van der Waals surface area contributed by atoms with E-state index in [2.05, 4.69) is 12.2 Å². The van der Waals surface area contributed by atoms with Gasteiger partial charge in [-0.25, -0.2) is 0 Å². The van der Waals surface area contributed by atoms with Gasteiger partial charge in [-0.1, -0.05) is 18.2 Å². The molecule has 1 heterocycles. The zero-order valence-electron chi connectivity index (χ0n) is 10.5. The van der Waals surface area contributed by atoms with Crippen LogP contribution in [-0.2, 0) is 12.6 Å². The van der Waals surface area contributed by atoms with E-state index in [4.69, 9.17) is 0 Å². The lowest BCUT2D eigenvalue weighted by atomic mass is 9.90. The monoisotopic (exact) mass is 257 g/mol. The van der Waals surface area contributed by atoms with Crippen LogP contribution in [0.25, 0.3) is 0 Å². The van der Waals surface area contributed by atoms with Crippen molar-refractivity contribution >= 4 is 0 Å². The zero-order valence-corrected chi connectivity index (χ0v) is 10.5. The molecule has 1 nitrogen and oxygen atoms in total. The first-order valence-electron chi connectivity index (χ1n) is 6.31. The van der Waals surface area contributed by atoms with Gasteiger partial charge in [-0.2, -0.15) is 13.2 Å². The zero-order chi connectivity index (χ0) is 13.2. The van der Waals surface area contributed by atoms with Crippen LogP contribution < -0.4 is 5.32 Å². The lowest BCUT2D eigenvalue weighted by Gasteiger charge is -2.25. The normalized spacial score (nSPS) is 24.4. The van der Waals surface area contributed by atoms with Gasteiger partial charge in [0.05, 0.1) is 5.56 Å². The molecule has 1 aliphatic rings. The maximum atomic E-state index is 12.8. The summed E-state index contributed by atoms with van der Waals surface area (Å²) in [5, 5.41) is 3.38. The third kappa shape index (κ3) is 3.05. The highest BCUT2D eigenvalue weighted by molar-refractivity contribution is 5.30. The van der Waals surface area contributed by atoms with Crippen molar-refractivity contribution in [1.82, 2.24) is 5.32 Å². The van der Waals surface area contributed by atoms with Crippen LogP contribution in [0.2, 0.25) is 0 Å². The Balaban J connectivity index is 2.10. The Morgan fingerprint density at radius 1 is 1.28 bits per heavy atom. The summed E-state index contributed by atoms with van der Waals surface area (Å²) >= 11 is 0. The lowest BCUT2D eigenvalue weighted by molar-refractivity contribution is -0.138. The van der Waals surface area contributed by atoms with Gasteiger partial charge in [-0.3, -0.25) is 0 Å². The molecule has 2 rings (SSSR count). The molecule has 1 saturated heterocycles. The molecule has 100 valence electrons. The number of alkyl halides is 3. The predicted octanol–water partition coefficient (Wildman–Crippen LogP) is 3.78. The van der Waals surface area contributed by atoms with E-state index >= 15 is 0 Å². The summed E-state index contributed by atoms with van der Waals surface area (Å²) in [4.78, 5) is 0. The Hall–Kier alpha value is -1.03. The molecule has 0 bridgehead atoms. The summed E-state index contributed by atoms with van der Waals surface area (Å²) in [7, 11) is 0. The van der Waals surface area contributed by atoms with Gasteiger partial charge in [0.2, 0.25) is 0 Å². The molecule has 1 unspecified atom stereocenters. The summed E-state index contributed by atoms with van der Waals surface area (Å²) in [6, 6.07) is 5.87. The highest BCUT2D eigenvalue weighted by atomic mass is 19.4. The Morgan fingerprint density at radius 2 is 2.00 bits per heavy atom. The minimum Gasteiger partial charge on any atom is -0.312 e. The number of nitrogens with one attached hydrogen (secondary N) is 1. The Bertz CT molecular complexity index is 406. The van der Waals surface area contributed by atoms with Gasteiger partial charge in [0.25, 0.3) is 0 Å². The van der Waals surface area contributed by atoms with Gasteiger partial charge < -0.3 is 5.32 Å². The molecule has 4 heteroatoms. The average Bonchev–Trinajstić information content (AvgIpc) is 2.73. The molecule has 18 heavy (non-hydrogen) atoms. The molecule has 0 aliphatic carbocycles. The molecule has 0 spiro atoms. The van der Waals surface area contributed by atoms with Crippen molar-refractivity contribution in [2.75, 3.05) is 6.54 Å². The van der Waals surface area contributed by atoms with Crippen LogP contribution in [0.4, 0.5) is 13.2 Å². The van der Waals surface area contributed by atoms with Crippen molar-refractivity contribution in [3.05, 3.63) is 35.4 Å². The summed E-state index contributed by atoms with van der Waals surface area (Å²) in [5.74, 6) is 0. The first-order valence-corrected chi connectivity index (χ1v) is 6.31. The van der Waals surface area contributed by atoms with Crippen molar-refractivity contribution < 1.29 is 13.2 Å². The molecule has 0 amide bonds. The second-order valence-electron chi connectivity index (χ2n) is 5.25. The number of halogens is 3. The fourth-order valence-corrected chi connectivity index (χ4v) is 2.60. The quantitative estimate of drug-likeness (QED) is 0.869. The first kappa shape index (κ1) is 13.4. The fraction of sp³-hybridized carbons (Fsp3) is 0.571. The molecule has 1 N–H and O–H groups in total. The summed E-state index contributed by atoms with van der Waals surface area (Å²) < 4.78 is 38.5. The van der Waals surface area contributed by atoms with Crippen molar-refractivity contribution in [1.29, 1.82) is 0 Å². The third-order valence-electron chi connectivity index (χ3n) is 3.73.